The number of carbonyl (C=O) groups is 1. The first-order chi connectivity index (χ1) is 14.4. The first-order valence-corrected chi connectivity index (χ1v) is 9.88. The molecule has 0 saturated carbocycles. The van der Waals surface area contributed by atoms with Crippen LogP contribution in [-0.4, -0.2) is 39.9 Å². The number of fused-ring (bicyclic) bond motifs is 1. The lowest BCUT2D eigenvalue weighted by Crippen LogP contribution is -2.29. The largest absolute Gasteiger partial charge is 0.493 e. The zero-order chi connectivity index (χ0) is 21.1. The van der Waals surface area contributed by atoms with Gasteiger partial charge >= 0.3 is 5.97 Å². The Morgan fingerprint density at radius 3 is 3.00 bits per heavy atom. The van der Waals surface area contributed by atoms with Crippen LogP contribution in [0.25, 0.3) is 0 Å². The third kappa shape index (κ3) is 4.36. The summed E-state index contributed by atoms with van der Waals surface area (Å²) in [7, 11) is 0. The molecular weight excluding hydrogens is 387 g/mol. The van der Waals surface area contributed by atoms with Crippen LogP contribution in [0.4, 0.5) is 10.1 Å². The minimum atomic E-state index is -1.10. The van der Waals surface area contributed by atoms with Gasteiger partial charge in [-0.15, -0.1) is 0 Å². The summed E-state index contributed by atoms with van der Waals surface area (Å²) in [6.45, 7) is 1.11. The summed E-state index contributed by atoms with van der Waals surface area (Å²) in [5.74, 6) is -0.413. The molecule has 0 saturated heterocycles. The topological polar surface area (TPSA) is 91.7 Å². The minimum Gasteiger partial charge on any atom is -0.493 e. The number of pyridine rings is 1. The lowest BCUT2D eigenvalue weighted by Gasteiger charge is -2.29. The van der Waals surface area contributed by atoms with E-state index in [2.05, 4.69) is 10.3 Å². The molecule has 0 fully saturated rings. The standard InChI is InChI=1S/C23H23FN2O4/c24-17-3-7-23(29,8-4-17)12-15-1-2-18-16(6-10-30-21(18)11-15)13-26-20-14-25-9-5-19(20)22(27)28/h1-5,7,9,11,14,16,26,29H,6,8,10,12-13H2,(H,27,28)/t16-,23?/m0/s1. The molecule has 3 N–H and O–H groups in total. The third-order valence-electron chi connectivity index (χ3n) is 5.55. The Morgan fingerprint density at radius 1 is 1.37 bits per heavy atom. The number of ether oxygens (including phenoxy) is 1. The summed E-state index contributed by atoms with van der Waals surface area (Å²) >= 11 is 0. The Hall–Kier alpha value is -3.19. The number of rotatable bonds is 6. The van der Waals surface area contributed by atoms with Crippen LogP contribution in [0.3, 0.4) is 0 Å². The number of nitrogens with zero attached hydrogens (tertiary/aromatic N) is 1. The number of anilines is 1. The highest BCUT2D eigenvalue weighted by atomic mass is 19.1. The number of aromatic carboxylic acids is 1. The number of aliphatic hydroxyl groups is 1. The molecule has 1 aromatic heterocycles. The van der Waals surface area contributed by atoms with Crippen LogP contribution < -0.4 is 10.1 Å². The van der Waals surface area contributed by atoms with E-state index < -0.39 is 11.6 Å². The summed E-state index contributed by atoms with van der Waals surface area (Å²) < 4.78 is 19.0. The van der Waals surface area contributed by atoms with Gasteiger partial charge in [0.05, 0.1) is 29.7 Å². The molecule has 1 aliphatic heterocycles. The van der Waals surface area contributed by atoms with Crippen LogP contribution >= 0.6 is 0 Å². The van der Waals surface area contributed by atoms with Gasteiger partial charge in [0.2, 0.25) is 0 Å². The fourth-order valence-corrected chi connectivity index (χ4v) is 3.91. The first kappa shape index (κ1) is 20.1. The summed E-state index contributed by atoms with van der Waals surface area (Å²) in [6, 6.07) is 7.34. The predicted molar refractivity (Wildman–Crippen MR) is 111 cm³/mol. The van der Waals surface area contributed by atoms with Gasteiger partial charge < -0.3 is 20.3 Å². The number of allylic oxidation sites excluding steroid dienone is 2. The normalized spacial score (nSPS) is 22.6. The second-order valence-electron chi connectivity index (χ2n) is 7.72. The molecule has 2 aromatic rings. The molecule has 4 rings (SSSR count). The van der Waals surface area contributed by atoms with E-state index in [1.165, 1.54) is 36.7 Å². The molecule has 0 spiro atoms. The molecule has 6 nitrogen and oxygen atoms in total. The van der Waals surface area contributed by atoms with Crippen LogP contribution in [0.1, 0.15) is 40.2 Å². The maximum absolute atomic E-state index is 13.2. The van der Waals surface area contributed by atoms with Crippen molar-refractivity contribution in [3.8, 4) is 5.75 Å². The highest BCUT2D eigenvalue weighted by Gasteiger charge is 2.27. The Balaban J connectivity index is 1.47. The molecule has 30 heavy (non-hydrogen) atoms. The van der Waals surface area contributed by atoms with Crippen molar-refractivity contribution < 1.29 is 24.1 Å². The van der Waals surface area contributed by atoms with Crippen molar-refractivity contribution in [3.05, 3.63) is 77.4 Å². The van der Waals surface area contributed by atoms with E-state index in [1.807, 2.05) is 18.2 Å². The Bertz CT molecular complexity index is 1020. The first-order valence-electron chi connectivity index (χ1n) is 9.88. The summed E-state index contributed by atoms with van der Waals surface area (Å²) in [4.78, 5) is 15.4. The van der Waals surface area contributed by atoms with Crippen LogP contribution in [0.5, 0.6) is 5.75 Å². The maximum atomic E-state index is 13.2. The molecule has 2 aliphatic rings. The number of nitrogens with one attached hydrogen (secondary N) is 1. The number of aromatic nitrogens is 1. The summed E-state index contributed by atoms with van der Waals surface area (Å²) in [5.41, 5.74) is 1.52. The maximum Gasteiger partial charge on any atom is 0.337 e. The van der Waals surface area contributed by atoms with Crippen molar-refractivity contribution in [2.45, 2.75) is 30.8 Å². The summed E-state index contributed by atoms with van der Waals surface area (Å²) in [6.07, 6.45) is 8.57. The van der Waals surface area contributed by atoms with E-state index >= 15 is 0 Å². The average Bonchev–Trinajstić information content (AvgIpc) is 2.74. The van der Waals surface area contributed by atoms with Crippen LogP contribution in [0.15, 0.2) is 60.7 Å². The molecule has 156 valence electrons. The van der Waals surface area contributed by atoms with E-state index in [9.17, 15) is 19.4 Å². The fraction of sp³-hybridized carbons (Fsp3) is 0.304. The van der Waals surface area contributed by atoms with E-state index in [4.69, 9.17) is 4.74 Å². The van der Waals surface area contributed by atoms with Gasteiger partial charge in [-0.25, -0.2) is 9.18 Å². The van der Waals surface area contributed by atoms with Gasteiger partial charge in [0.15, 0.2) is 0 Å². The lowest BCUT2D eigenvalue weighted by molar-refractivity contribution is 0.0697. The van der Waals surface area contributed by atoms with E-state index in [-0.39, 0.29) is 23.7 Å². The molecule has 0 bridgehead atoms. The van der Waals surface area contributed by atoms with Gasteiger partial charge in [-0.2, -0.15) is 0 Å². The predicted octanol–water partition coefficient (Wildman–Crippen LogP) is 3.84. The number of hydrogen-bond acceptors (Lipinski definition) is 5. The van der Waals surface area contributed by atoms with Crippen molar-refractivity contribution in [2.75, 3.05) is 18.5 Å². The number of halogens is 1. The highest BCUT2D eigenvalue weighted by Crippen LogP contribution is 2.36. The quantitative estimate of drug-likeness (QED) is 0.670. The number of hydrogen-bond donors (Lipinski definition) is 3. The van der Waals surface area contributed by atoms with Gasteiger partial charge in [0.25, 0.3) is 0 Å². The van der Waals surface area contributed by atoms with Crippen LogP contribution in [-0.2, 0) is 6.42 Å². The van der Waals surface area contributed by atoms with Crippen molar-refractivity contribution >= 4 is 11.7 Å². The second kappa shape index (κ2) is 8.28. The molecular formula is C23H23FN2O4. The second-order valence-corrected chi connectivity index (χ2v) is 7.72. The number of carboxylic acid groups (broad SMARTS) is 1. The average molecular weight is 410 g/mol. The molecule has 1 aromatic carbocycles. The Kier molecular flexibility index (Phi) is 5.55. The van der Waals surface area contributed by atoms with E-state index in [0.717, 1.165) is 23.3 Å². The van der Waals surface area contributed by atoms with Crippen molar-refractivity contribution in [1.82, 2.24) is 4.98 Å². The molecule has 1 aliphatic carbocycles. The van der Waals surface area contributed by atoms with Crippen molar-refractivity contribution in [1.29, 1.82) is 0 Å². The molecule has 0 radical (unpaired) electrons. The number of benzene rings is 1. The Labute approximate surface area is 173 Å². The van der Waals surface area contributed by atoms with Crippen molar-refractivity contribution in [2.24, 2.45) is 0 Å². The van der Waals surface area contributed by atoms with Crippen molar-refractivity contribution in [3.63, 3.8) is 0 Å². The van der Waals surface area contributed by atoms with E-state index in [0.29, 0.717) is 25.3 Å². The molecule has 1 unspecified atom stereocenters. The molecule has 2 atom stereocenters. The zero-order valence-electron chi connectivity index (χ0n) is 16.3. The smallest absolute Gasteiger partial charge is 0.337 e. The SMILES string of the molecule is O=C(O)c1ccncc1NC[C@@H]1CCOc2cc(CC3(O)C=CC(F)=CC3)ccc21. The van der Waals surface area contributed by atoms with E-state index in [1.54, 1.807) is 0 Å². The monoisotopic (exact) mass is 410 g/mol. The molecule has 7 heteroatoms. The molecule has 0 amide bonds. The highest BCUT2D eigenvalue weighted by molar-refractivity contribution is 5.93. The lowest BCUT2D eigenvalue weighted by atomic mass is 9.86. The summed E-state index contributed by atoms with van der Waals surface area (Å²) in [5, 5.41) is 23.2. The minimum absolute atomic E-state index is 0.152. The van der Waals surface area contributed by atoms with Gasteiger partial charge in [-0.3, -0.25) is 4.98 Å². The fourth-order valence-electron chi connectivity index (χ4n) is 3.91. The Morgan fingerprint density at radius 2 is 2.23 bits per heavy atom. The van der Waals surface area contributed by atoms with Gasteiger partial charge in [-0.1, -0.05) is 12.1 Å². The van der Waals surface area contributed by atoms with Crippen LogP contribution in [0, 0.1) is 0 Å². The van der Waals surface area contributed by atoms with Gasteiger partial charge in [0, 0.05) is 31.5 Å². The van der Waals surface area contributed by atoms with Gasteiger partial charge in [0.1, 0.15) is 11.6 Å². The molecule has 2 heterocycles. The van der Waals surface area contributed by atoms with Crippen LogP contribution in [0.2, 0.25) is 0 Å². The van der Waals surface area contributed by atoms with Gasteiger partial charge in [-0.05, 0) is 47.9 Å². The number of carboxylic acids is 1. The third-order valence-corrected chi connectivity index (χ3v) is 5.55. The zero-order valence-corrected chi connectivity index (χ0v) is 16.3.